The molecule has 5 nitrogen and oxygen atoms in total. The molecular formula is C34H49N3O2. The summed E-state index contributed by atoms with van der Waals surface area (Å²) in [6, 6.07) is 10.4. The molecule has 1 N–H and O–H groups in total. The van der Waals surface area contributed by atoms with E-state index in [1.165, 1.54) is 52.0 Å². The van der Waals surface area contributed by atoms with Crippen molar-refractivity contribution in [2.45, 2.75) is 96.7 Å². The van der Waals surface area contributed by atoms with Gasteiger partial charge >= 0.3 is 0 Å². The first-order valence-electron chi connectivity index (χ1n) is 15.6. The van der Waals surface area contributed by atoms with Gasteiger partial charge in [0.1, 0.15) is 6.04 Å². The van der Waals surface area contributed by atoms with E-state index in [2.05, 4.69) is 37.2 Å². The molecule has 1 saturated heterocycles. The van der Waals surface area contributed by atoms with E-state index in [4.69, 9.17) is 0 Å². The highest BCUT2D eigenvalue weighted by atomic mass is 16.2. The molecule has 0 bridgehead atoms. The quantitative estimate of drug-likeness (QED) is 0.514. The second-order valence-corrected chi connectivity index (χ2v) is 14.2. The number of amides is 2. The lowest BCUT2D eigenvalue weighted by Gasteiger charge is -2.58. The van der Waals surface area contributed by atoms with E-state index in [1.807, 2.05) is 42.3 Å². The molecule has 1 unspecified atom stereocenters. The number of benzene rings is 1. The van der Waals surface area contributed by atoms with Gasteiger partial charge in [-0.2, -0.15) is 0 Å². The Balaban J connectivity index is 1.17. The second-order valence-electron chi connectivity index (χ2n) is 14.2. The minimum absolute atomic E-state index is 0.0352. The van der Waals surface area contributed by atoms with Crippen molar-refractivity contribution in [3.63, 3.8) is 0 Å². The molecule has 5 heteroatoms. The summed E-state index contributed by atoms with van der Waals surface area (Å²) in [5.41, 5.74) is 3.53. The predicted octanol–water partition coefficient (Wildman–Crippen LogP) is 5.45. The fourth-order valence-corrected chi connectivity index (χ4v) is 10.5. The summed E-state index contributed by atoms with van der Waals surface area (Å²) in [6.07, 6.45) is 13.3. The Morgan fingerprint density at radius 1 is 1.08 bits per heavy atom. The van der Waals surface area contributed by atoms with Crippen LogP contribution in [0.4, 0.5) is 0 Å². The van der Waals surface area contributed by atoms with Crippen molar-refractivity contribution in [1.82, 2.24) is 15.1 Å². The van der Waals surface area contributed by atoms with E-state index in [0.717, 1.165) is 48.1 Å². The number of hydrogen-bond donors (Lipinski definition) is 1. The van der Waals surface area contributed by atoms with Crippen molar-refractivity contribution in [2.75, 3.05) is 20.6 Å². The molecule has 4 fully saturated rings. The summed E-state index contributed by atoms with van der Waals surface area (Å²) >= 11 is 0. The van der Waals surface area contributed by atoms with Crippen molar-refractivity contribution >= 4 is 11.8 Å². The van der Waals surface area contributed by atoms with Gasteiger partial charge in [-0.15, -0.1) is 0 Å². The van der Waals surface area contributed by atoms with Gasteiger partial charge in [-0.25, -0.2) is 0 Å². The fraction of sp³-hybridized carbons (Fsp3) is 0.706. The maximum atomic E-state index is 13.7. The van der Waals surface area contributed by atoms with Gasteiger partial charge in [-0.1, -0.05) is 48.9 Å². The van der Waals surface area contributed by atoms with Gasteiger partial charge in [0.15, 0.2) is 0 Å². The molecule has 1 heterocycles. The zero-order valence-corrected chi connectivity index (χ0v) is 24.8. The molecule has 1 aromatic carbocycles. The standard InChI is InChI=1S/C34H49N3O2/c1-22-28-13-14-30-27-12-11-25-20-26(15-17-33(25,3)29(27)16-18-34(28,30)21-36(22)4)37(5)32(39)31(35-23(2)38)19-24-9-7-6-8-10-24/h6-11,22,26-31H,12-21H2,1-5H3,(H,35,38)/t22-,26-,27+,28+,29?,30-,31+,33-,34-/m0/s1. The van der Waals surface area contributed by atoms with E-state index >= 15 is 0 Å². The highest BCUT2D eigenvalue weighted by molar-refractivity contribution is 5.87. The Morgan fingerprint density at radius 3 is 2.56 bits per heavy atom. The van der Waals surface area contributed by atoms with Crippen LogP contribution in [-0.2, 0) is 16.0 Å². The molecule has 5 aliphatic rings. The summed E-state index contributed by atoms with van der Waals surface area (Å²) in [5, 5.41) is 2.95. The van der Waals surface area contributed by atoms with Crippen LogP contribution in [0.25, 0.3) is 0 Å². The minimum Gasteiger partial charge on any atom is -0.344 e. The SMILES string of the molecule is CC(=O)N[C@H](Cc1ccccc1)C(=O)N(C)[C@H]1CC[C@@]2(C)C(=CC[C@@H]3C2CC[C@]24CN(C)[C@@H](C)[C@H]2CC[C@@H]34)C1. The zero-order chi connectivity index (χ0) is 27.5. The van der Waals surface area contributed by atoms with Crippen LogP contribution in [0.15, 0.2) is 42.0 Å². The number of carbonyl (C=O) groups excluding carboxylic acids is 2. The number of likely N-dealkylation sites (tertiary alicyclic amines) is 1. The van der Waals surface area contributed by atoms with Gasteiger partial charge < -0.3 is 15.1 Å². The average molecular weight is 532 g/mol. The van der Waals surface area contributed by atoms with E-state index < -0.39 is 6.04 Å². The third kappa shape index (κ3) is 4.38. The van der Waals surface area contributed by atoms with E-state index in [-0.39, 0.29) is 23.3 Å². The van der Waals surface area contributed by atoms with Crippen LogP contribution < -0.4 is 5.32 Å². The molecule has 3 saturated carbocycles. The first-order valence-corrected chi connectivity index (χ1v) is 15.6. The summed E-state index contributed by atoms with van der Waals surface area (Å²) in [6.45, 7) is 7.86. The van der Waals surface area contributed by atoms with E-state index in [9.17, 15) is 9.59 Å². The van der Waals surface area contributed by atoms with Crippen molar-refractivity contribution in [2.24, 2.45) is 34.5 Å². The van der Waals surface area contributed by atoms with Crippen LogP contribution >= 0.6 is 0 Å². The lowest BCUT2D eigenvalue weighted by atomic mass is 9.47. The molecule has 39 heavy (non-hydrogen) atoms. The third-order valence-corrected chi connectivity index (χ3v) is 12.5. The van der Waals surface area contributed by atoms with Gasteiger partial charge in [0.05, 0.1) is 0 Å². The maximum Gasteiger partial charge on any atom is 0.245 e. The monoisotopic (exact) mass is 531 g/mol. The largest absolute Gasteiger partial charge is 0.344 e. The molecule has 1 aliphatic heterocycles. The smallest absolute Gasteiger partial charge is 0.245 e. The molecule has 2 amide bonds. The molecule has 0 radical (unpaired) electrons. The maximum absolute atomic E-state index is 13.7. The van der Waals surface area contributed by atoms with Gasteiger partial charge in [0.25, 0.3) is 0 Å². The predicted molar refractivity (Wildman–Crippen MR) is 156 cm³/mol. The number of likely N-dealkylation sites (N-methyl/N-ethyl adjacent to an activating group) is 1. The lowest BCUT2D eigenvalue weighted by Crippen LogP contribution is -2.55. The molecule has 1 spiro atoms. The Kier molecular flexibility index (Phi) is 6.97. The Bertz CT molecular complexity index is 1130. The van der Waals surface area contributed by atoms with Crippen molar-refractivity contribution in [3.05, 3.63) is 47.5 Å². The van der Waals surface area contributed by atoms with Gasteiger partial charge in [0, 0.05) is 39.0 Å². The normalized spacial score (nSPS) is 40.0. The summed E-state index contributed by atoms with van der Waals surface area (Å²) < 4.78 is 0. The zero-order valence-electron chi connectivity index (χ0n) is 24.8. The highest BCUT2D eigenvalue weighted by Gasteiger charge is 2.64. The van der Waals surface area contributed by atoms with Crippen LogP contribution in [0.5, 0.6) is 0 Å². The molecular weight excluding hydrogens is 482 g/mol. The molecule has 0 aromatic heterocycles. The number of allylic oxidation sites excluding steroid dienone is 1. The Labute approximate surface area is 235 Å². The summed E-state index contributed by atoms with van der Waals surface area (Å²) in [7, 11) is 4.32. The lowest BCUT2D eigenvalue weighted by molar-refractivity contribution is -0.137. The molecule has 9 atom stereocenters. The van der Waals surface area contributed by atoms with E-state index in [1.54, 1.807) is 5.57 Å². The fourth-order valence-electron chi connectivity index (χ4n) is 10.5. The Hall–Kier alpha value is -2.14. The van der Waals surface area contributed by atoms with Crippen molar-refractivity contribution < 1.29 is 9.59 Å². The first kappa shape index (κ1) is 27.1. The van der Waals surface area contributed by atoms with Gasteiger partial charge in [0.2, 0.25) is 11.8 Å². The third-order valence-electron chi connectivity index (χ3n) is 12.5. The van der Waals surface area contributed by atoms with Crippen LogP contribution in [0.2, 0.25) is 0 Å². The highest BCUT2D eigenvalue weighted by Crippen LogP contribution is 2.68. The van der Waals surface area contributed by atoms with E-state index in [0.29, 0.717) is 11.8 Å². The van der Waals surface area contributed by atoms with Crippen LogP contribution in [-0.4, -0.2) is 60.4 Å². The first-order chi connectivity index (χ1) is 18.6. The van der Waals surface area contributed by atoms with Crippen molar-refractivity contribution in [3.8, 4) is 0 Å². The average Bonchev–Trinajstić information content (AvgIpc) is 3.40. The summed E-state index contributed by atoms with van der Waals surface area (Å²) in [5.74, 6) is 3.30. The molecule has 212 valence electrons. The number of carbonyl (C=O) groups is 2. The number of nitrogens with one attached hydrogen (secondary N) is 1. The minimum atomic E-state index is -0.523. The second kappa shape index (κ2) is 10.0. The Morgan fingerprint density at radius 2 is 1.82 bits per heavy atom. The number of hydrogen-bond acceptors (Lipinski definition) is 3. The number of fused-ring (bicyclic) bond motifs is 4. The topological polar surface area (TPSA) is 52.7 Å². The summed E-state index contributed by atoms with van der Waals surface area (Å²) in [4.78, 5) is 30.3. The van der Waals surface area contributed by atoms with Crippen LogP contribution in [0.3, 0.4) is 0 Å². The van der Waals surface area contributed by atoms with Crippen molar-refractivity contribution in [1.29, 1.82) is 0 Å². The molecule has 1 aromatic rings. The number of rotatable bonds is 5. The molecule has 6 rings (SSSR count). The van der Waals surface area contributed by atoms with Crippen LogP contribution in [0, 0.1) is 34.5 Å². The molecule has 4 aliphatic carbocycles. The van der Waals surface area contributed by atoms with Gasteiger partial charge in [-0.05, 0) is 105 Å². The van der Waals surface area contributed by atoms with Gasteiger partial charge in [-0.3, -0.25) is 9.59 Å². The number of nitrogens with zero attached hydrogens (tertiary/aromatic N) is 2. The van der Waals surface area contributed by atoms with Crippen LogP contribution in [0.1, 0.15) is 77.7 Å².